The van der Waals surface area contributed by atoms with E-state index in [-0.39, 0.29) is 30.7 Å². The third-order valence-corrected chi connectivity index (χ3v) is 6.82. The SMILES string of the molecule is CCNC(=O)N1CC[C@@]2(COCC(=O)N2)[C@@H]1CO[C@H]1CC[C@@H](c2ccccc2)CC1. The van der Waals surface area contributed by atoms with E-state index in [2.05, 4.69) is 41.0 Å². The van der Waals surface area contributed by atoms with Crippen molar-refractivity contribution in [3.63, 3.8) is 0 Å². The Kier molecular flexibility index (Phi) is 6.58. The molecule has 1 spiro atoms. The molecule has 1 aromatic carbocycles. The Labute approximate surface area is 178 Å². The maximum atomic E-state index is 12.6. The molecule has 2 aliphatic heterocycles. The van der Waals surface area contributed by atoms with E-state index in [1.54, 1.807) is 0 Å². The minimum atomic E-state index is -0.554. The van der Waals surface area contributed by atoms with Crippen molar-refractivity contribution in [1.82, 2.24) is 15.5 Å². The van der Waals surface area contributed by atoms with Crippen LogP contribution in [0.3, 0.4) is 0 Å². The molecule has 30 heavy (non-hydrogen) atoms. The number of likely N-dealkylation sites (tertiary alicyclic amines) is 1. The van der Waals surface area contributed by atoms with Gasteiger partial charge in [0.05, 0.1) is 30.9 Å². The maximum absolute atomic E-state index is 12.6. The smallest absolute Gasteiger partial charge is 0.317 e. The van der Waals surface area contributed by atoms with E-state index in [0.717, 1.165) is 25.7 Å². The fraction of sp³-hybridized carbons (Fsp3) is 0.652. The standard InChI is InChI=1S/C23H33N3O4/c1-2-24-22(28)26-13-12-23(16-29-15-21(27)25-23)20(26)14-30-19-10-8-18(9-11-19)17-6-4-3-5-7-17/h3-7,18-20H,2,8-16H2,1H3,(H,24,28)(H,25,27)/t18-,19+,20-,23+/m0/s1. The molecule has 3 aliphatic rings. The third-order valence-electron chi connectivity index (χ3n) is 6.82. The van der Waals surface area contributed by atoms with Crippen LogP contribution in [0.5, 0.6) is 0 Å². The first kappa shape index (κ1) is 21.1. The van der Waals surface area contributed by atoms with E-state index in [1.807, 2.05) is 11.8 Å². The van der Waals surface area contributed by atoms with E-state index in [9.17, 15) is 9.59 Å². The molecule has 164 valence electrons. The molecule has 0 radical (unpaired) electrons. The molecule has 1 saturated carbocycles. The molecule has 1 aliphatic carbocycles. The Hall–Kier alpha value is -2.12. The van der Waals surface area contributed by atoms with Gasteiger partial charge in [-0.3, -0.25) is 4.79 Å². The van der Waals surface area contributed by atoms with E-state index < -0.39 is 5.54 Å². The molecule has 2 heterocycles. The molecule has 4 rings (SSSR count). The van der Waals surface area contributed by atoms with Crippen LogP contribution in [-0.4, -0.2) is 67.4 Å². The zero-order valence-electron chi connectivity index (χ0n) is 17.8. The number of carbonyl (C=O) groups is 2. The summed E-state index contributed by atoms with van der Waals surface area (Å²) in [5.74, 6) is 0.481. The van der Waals surface area contributed by atoms with Gasteiger partial charge < -0.3 is 25.0 Å². The van der Waals surface area contributed by atoms with Gasteiger partial charge >= 0.3 is 6.03 Å². The van der Waals surface area contributed by atoms with Crippen molar-refractivity contribution < 1.29 is 19.1 Å². The van der Waals surface area contributed by atoms with Crippen LogP contribution in [-0.2, 0) is 14.3 Å². The van der Waals surface area contributed by atoms with E-state index >= 15 is 0 Å². The summed E-state index contributed by atoms with van der Waals surface area (Å²) in [6.07, 6.45) is 5.14. The number of morpholine rings is 1. The van der Waals surface area contributed by atoms with Gasteiger partial charge in [0.2, 0.25) is 5.91 Å². The average Bonchev–Trinajstić information content (AvgIpc) is 3.10. The summed E-state index contributed by atoms with van der Waals surface area (Å²) in [7, 11) is 0. The fourth-order valence-corrected chi connectivity index (χ4v) is 5.19. The monoisotopic (exact) mass is 415 g/mol. The van der Waals surface area contributed by atoms with Crippen LogP contribution in [0.25, 0.3) is 0 Å². The van der Waals surface area contributed by atoms with Gasteiger partial charge in [-0.05, 0) is 50.5 Å². The fourth-order valence-electron chi connectivity index (χ4n) is 5.19. The zero-order valence-corrected chi connectivity index (χ0v) is 17.8. The minimum Gasteiger partial charge on any atom is -0.376 e. The molecule has 3 amide bonds. The van der Waals surface area contributed by atoms with Crippen LogP contribution in [0.1, 0.15) is 50.5 Å². The lowest BCUT2D eigenvalue weighted by Gasteiger charge is -2.41. The summed E-state index contributed by atoms with van der Waals surface area (Å²) in [4.78, 5) is 26.5. The van der Waals surface area contributed by atoms with Gasteiger partial charge in [-0.15, -0.1) is 0 Å². The van der Waals surface area contributed by atoms with Crippen molar-refractivity contribution in [1.29, 1.82) is 0 Å². The van der Waals surface area contributed by atoms with Crippen molar-refractivity contribution >= 4 is 11.9 Å². The van der Waals surface area contributed by atoms with Crippen LogP contribution < -0.4 is 10.6 Å². The van der Waals surface area contributed by atoms with Crippen LogP contribution in [0, 0.1) is 0 Å². The van der Waals surface area contributed by atoms with E-state index in [0.29, 0.717) is 38.6 Å². The van der Waals surface area contributed by atoms with E-state index in [4.69, 9.17) is 9.47 Å². The van der Waals surface area contributed by atoms with Crippen molar-refractivity contribution in [3.8, 4) is 0 Å². The molecular formula is C23H33N3O4. The molecular weight excluding hydrogens is 382 g/mol. The highest BCUT2D eigenvalue weighted by atomic mass is 16.5. The van der Waals surface area contributed by atoms with Gasteiger partial charge in [-0.1, -0.05) is 30.3 Å². The Morgan fingerprint density at radius 3 is 2.73 bits per heavy atom. The van der Waals surface area contributed by atoms with Crippen LogP contribution >= 0.6 is 0 Å². The molecule has 7 nitrogen and oxygen atoms in total. The Morgan fingerprint density at radius 2 is 2.03 bits per heavy atom. The van der Waals surface area contributed by atoms with Crippen LogP contribution in [0.2, 0.25) is 0 Å². The Balaban J connectivity index is 1.38. The normalized spacial score (nSPS) is 31.6. The molecule has 0 unspecified atom stereocenters. The van der Waals surface area contributed by atoms with Gasteiger partial charge in [0.15, 0.2) is 0 Å². The molecule has 3 fully saturated rings. The van der Waals surface area contributed by atoms with Gasteiger partial charge in [0.25, 0.3) is 0 Å². The molecule has 0 bridgehead atoms. The van der Waals surface area contributed by atoms with Crippen LogP contribution in [0.15, 0.2) is 30.3 Å². The molecule has 0 aromatic heterocycles. The van der Waals surface area contributed by atoms with Gasteiger partial charge in [0, 0.05) is 13.1 Å². The van der Waals surface area contributed by atoms with Crippen molar-refractivity contribution in [2.75, 3.05) is 32.9 Å². The number of amides is 3. The molecule has 2 saturated heterocycles. The van der Waals surface area contributed by atoms with Crippen molar-refractivity contribution in [2.24, 2.45) is 0 Å². The van der Waals surface area contributed by atoms with Crippen molar-refractivity contribution in [2.45, 2.75) is 62.6 Å². The highest BCUT2D eigenvalue weighted by molar-refractivity contribution is 5.80. The molecule has 2 atom stereocenters. The zero-order chi connectivity index (χ0) is 21.0. The predicted octanol–water partition coefficient (Wildman–Crippen LogP) is 2.42. The molecule has 2 N–H and O–H groups in total. The summed E-state index contributed by atoms with van der Waals surface area (Å²) in [6, 6.07) is 10.4. The van der Waals surface area contributed by atoms with Crippen LogP contribution in [0.4, 0.5) is 4.79 Å². The topological polar surface area (TPSA) is 79.9 Å². The van der Waals surface area contributed by atoms with E-state index in [1.165, 1.54) is 5.56 Å². The lowest BCUT2D eigenvalue weighted by Crippen LogP contribution is -2.65. The number of rotatable bonds is 5. The largest absolute Gasteiger partial charge is 0.376 e. The summed E-state index contributed by atoms with van der Waals surface area (Å²) >= 11 is 0. The quantitative estimate of drug-likeness (QED) is 0.774. The first-order valence-electron chi connectivity index (χ1n) is 11.2. The number of ether oxygens (including phenoxy) is 2. The number of hydrogen-bond acceptors (Lipinski definition) is 4. The lowest BCUT2D eigenvalue weighted by atomic mass is 9.82. The molecule has 1 aromatic rings. The average molecular weight is 416 g/mol. The number of hydrogen-bond donors (Lipinski definition) is 2. The summed E-state index contributed by atoms with van der Waals surface area (Å²) < 4.78 is 11.9. The minimum absolute atomic E-state index is 0.0833. The Morgan fingerprint density at radius 1 is 1.27 bits per heavy atom. The first-order chi connectivity index (χ1) is 14.6. The van der Waals surface area contributed by atoms with Gasteiger partial charge in [0.1, 0.15) is 6.61 Å². The highest BCUT2D eigenvalue weighted by Gasteiger charge is 2.52. The van der Waals surface area contributed by atoms with Crippen molar-refractivity contribution in [3.05, 3.63) is 35.9 Å². The van der Waals surface area contributed by atoms with Gasteiger partial charge in [-0.25, -0.2) is 4.79 Å². The summed E-state index contributed by atoms with van der Waals surface area (Å²) in [5.41, 5.74) is 0.858. The molecule has 7 heteroatoms. The lowest BCUT2D eigenvalue weighted by molar-refractivity contribution is -0.137. The number of nitrogens with zero attached hydrogens (tertiary/aromatic N) is 1. The Bertz CT molecular complexity index is 735. The summed E-state index contributed by atoms with van der Waals surface area (Å²) in [6.45, 7) is 3.99. The second-order valence-electron chi connectivity index (χ2n) is 8.71. The number of carbonyl (C=O) groups excluding carboxylic acids is 2. The predicted molar refractivity (Wildman–Crippen MR) is 113 cm³/mol. The van der Waals surface area contributed by atoms with Gasteiger partial charge in [-0.2, -0.15) is 0 Å². The highest BCUT2D eigenvalue weighted by Crippen LogP contribution is 2.36. The number of benzene rings is 1. The second-order valence-corrected chi connectivity index (χ2v) is 8.71. The number of urea groups is 1. The second kappa shape index (κ2) is 9.35. The maximum Gasteiger partial charge on any atom is 0.317 e. The third kappa shape index (κ3) is 4.47. The first-order valence-corrected chi connectivity index (χ1v) is 11.2. The number of nitrogens with one attached hydrogen (secondary N) is 2. The summed E-state index contributed by atoms with van der Waals surface area (Å²) in [5, 5.41) is 6.01.